The van der Waals surface area contributed by atoms with Gasteiger partial charge in [-0.25, -0.2) is 37.5 Å². The zero-order valence-electron chi connectivity index (χ0n) is 37.2. The number of benzene rings is 2. The summed E-state index contributed by atoms with van der Waals surface area (Å²) in [6.45, 7) is 0.109. The van der Waals surface area contributed by atoms with Gasteiger partial charge >= 0.3 is 138 Å². The third-order valence-corrected chi connectivity index (χ3v) is 10.6. The molecular weight excluding hydrogens is 1140 g/mol. The molecule has 6 aromatic rings. The number of anilines is 3. The van der Waals surface area contributed by atoms with Crippen molar-refractivity contribution in [2.24, 2.45) is 10.8 Å². The number of hydrogen-bond acceptors (Lipinski definition) is 15. The number of carbonyl (C=O) groups is 1. The van der Waals surface area contributed by atoms with Gasteiger partial charge in [0.05, 0.1) is 71.2 Å². The molecule has 4 aromatic heterocycles. The Hall–Kier alpha value is -3.26. The van der Waals surface area contributed by atoms with Crippen molar-refractivity contribution < 1.29 is 181 Å². The van der Waals surface area contributed by atoms with E-state index in [9.17, 15) is 17.6 Å². The molecule has 0 aliphatic heterocycles. The monoisotopic (exact) mass is 1180 g/mol. The summed E-state index contributed by atoms with van der Waals surface area (Å²) < 4.78 is 71.2. The van der Waals surface area contributed by atoms with Gasteiger partial charge in [0.1, 0.15) is 24.6 Å². The molecule has 4 heterocycles. The van der Waals surface area contributed by atoms with Gasteiger partial charge < -0.3 is 32.1 Å². The number of ether oxygens (including phenoxy) is 2. The first-order valence-corrected chi connectivity index (χ1v) is 20.5. The molecule has 2 aromatic carbocycles. The van der Waals surface area contributed by atoms with Crippen LogP contribution in [0.1, 0.15) is 64.9 Å². The number of halogens is 5. The number of nitrogens with two attached hydrogens (primary N) is 1. The average Bonchev–Trinajstić information content (AvgIpc) is 4.13. The maximum absolute atomic E-state index is 14.5. The second-order valence-electron chi connectivity index (χ2n) is 15.6. The zero-order chi connectivity index (χ0) is 46.1. The molecule has 0 saturated heterocycles. The van der Waals surface area contributed by atoms with E-state index in [4.69, 9.17) is 47.4 Å². The van der Waals surface area contributed by atoms with Crippen molar-refractivity contribution in [1.82, 2.24) is 39.5 Å². The van der Waals surface area contributed by atoms with Gasteiger partial charge in [0.25, 0.3) is 6.47 Å². The molecule has 0 spiro atoms. The van der Waals surface area contributed by atoms with Crippen molar-refractivity contribution in [3.63, 3.8) is 0 Å². The fraction of sp³-hybridized carbons (Fsp3) is 0.326. The van der Waals surface area contributed by atoms with E-state index in [0.717, 1.165) is 62.7 Å². The Kier molecular flexibility index (Phi) is 20.4. The van der Waals surface area contributed by atoms with Crippen molar-refractivity contribution in [1.29, 1.82) is 10.5 Å². The molecule has 10 rings (SSSR count). The van der Waals surface area contributed by atoms with Gasteiger partial charge in [-0.1, -0.05) is 0 Å². The number of aromatic nitrogens is 8. The van der Waals surface area contributed by atoms with Gasteiger partial charge in [-0.3, -0.25) is 14.2 Å². The largest absolute Gasteiger partial charge is 1.00 e. The summed E-state index contributed by atoms with van der Waals surface area (Å²) in [5.74, 6) is -2.42. The van der Waals surface area contributed by atoms with Gasteiger partial charge in [0, 0.05) is 23.5 Å². The molecule has 24 heteroatoms. The second-order valence-corrected chi connectivity index (χ2v) is 16.0. The molecule has 338 valence electrons. The van der Waals surface area contributed by atoms with Gasteiger partial charge in [-0.05, 0) is 99.4 Å². The van der Waals surface area contributed by atoms with Crippen LogP contribution < -0.4 is 164 Å². The maximum Gasteiger partial charge on any atom is 1.00 e. The Balaban J connectivity index is 0.000000232. The zero-order valence-corrected chi connectivity index (χ0v) is 49.5. The van der Waals surface area contributed by atoms with Crippen LogP contribution in [0.25, 0.3) is 22.5 Å². The van der Waals surface area contributed by atoms with E-state index in [0.29, 0.717) is 17.8 Å². The van der Waals surface area contributed by atoms with Crippen LogP contribution in [0, 0.1) is 56.8 Å². The molecule has 0 atom stereocenters. The SMILES string of the molecule is N#CC1(COc2ccc(-c3nc(Cl)ncc3F)cc2F)CC1.N#CC1(COc2ccc(-c3nc(Nc4cnn(C5CC5)c4)ncc3F)cc2F)CC1.Nc1cnn(C2CC2)c1.O=CO[O-].[Cs+].[Cs+].[H-]. The fourth-order valence-electron chi connectivity index (χ4n) is 5.98. The van der Waals surface area contributed by atoms with E-state index in [1.807, 2.05) is 21.8 Å². The smallest absolute Gasteiger partial charge is 1.00 e. The summed E-state index contributed by atoms with van der Waals surface area (Å²) in [5, 5.41) is 37.7. The number of nitrogen functional groups attached to an aromatic ring is 1. The van der Waals surface area contributed by atoms with Crippen molar-refractivity contribution in [3.05, 3.63) is 102 Å². The molecule has 4 fully saturated rings. The maximum atomic E-state index is 14.5. The Labute approximate surface area is 505 Å². The molecule has 0 bridgehead atoms. The van der Waals surface area contributed by atoms with E-state index in [2.05, 4.69) is 52.5 Å². The van der Waals surface area contributed by atoms with E-state index >= 15 is 0 Å². The summed E-state index contributed by atoms with van der Waals surface area (Å²) in [4.78, 5) is 26.7. The quantitative estimate of drug-likeness (QED) is 0.0548. The Morgan fingerprint density at radius 1 is 0.776 bits per heavy atom. The van der Waals surface area contributed by atoms with Gasteiger partial charge in [-0.15, -0.1) is 0 Å². The van der Waals surface area contributed by atoms with Gasteiger partial charge in [0.15, 0.2) is 34.8 Å². The van der Waals surface area contributed by atoms with Crippen molar-refractivity contribution >= 4 is 35.4 Å². The van der Waals surface area contributed by atoms with Crippen LogP contribution in [0.3, 0.4) is 0 Å². The normalized spacial score (nSPS) is 15.2. The first kappa shape index (κ1) is 54.7. The molecular formula is C43H39ClCs2F4N12O5. The Morgan fingerprint density at radius 3 is 1.69 bits per heavy atom. The molecule has 0 radical (unpaired) electrons. The van der Waals surface area contributed by atoms with Crippen molar-refractivity contribution in [3.8, 4) is 46.2 Å². The van der Waals surface area contributed by atoms with E-state index in [1.165, 1.54) is 43.2 Å². The fourth-order valence-corrected chi connectivity index (χ4v) is 6.11. The minimum absolute atomic E-state index is 0. The third kappa shape index (κ3) is 15.6. The van der Waals surface area contributed by atoms with Crippen LogP contribution >= 0.6 is 11.6 Å². The Bertz CT molecular complexity index is 2750. The van der Waals surface area contributed by atoms with Crippen LogP contribution in [0.2, 0.25) is 5.28 Å². The van der Waals surface area contributed by atoms with Crippen LogP contribution in [-0.2, 0) is 9.68 Å². The molecule has 67 heavy (non-hydrogen) atoms. The number of nitrogens with one attached hydrogen (secondary N) is 1. The summed E-state index contributed by atoms with van der Waals surface area (Å²) >= 11 is 5.62. The number of hydrogen-bond donors (Lipinski definition) is 2. The number of rotatable bonds is 13. The summed E-state index contributed by atoms with van der Waals surface area (Å²) in [7, 11) is 0. The predicted molar refractivity (Wildman–Crippen MR) is 222 cm³/mol. The van der Waals surface area contributed by atoms with Crippen molar-refractivity contribution in [2.75, 3.05) is 24.3 Å². The standard InChI is InChI=1S/C21H18F2N6O.C15H10ClF2N3O.C6H9N3.CH2O3.2Cs.H/c22-16-7-13(1-4-18(16)30-12-21(11-24)5-6-21)19-17(23)9-25-20(28-19)27-14-8-26-29(10-14)15-2-3-15;16-14-20-6-11(18)13(21-14)9-1-2-12(10(17)5-9)22-8-15(7-19)3-4-15;7-5-3-8-9(4-5)6-1-2-6;2-1-4-3;;;/h1,4,7-10,15H,2-3,5-6,12H2,(H,25,27,28);1-2,5-6H,3-4,8H2;3-4,6H,1-2,7H2;1,3H;;;/q;;;;2*+1;-1/p-1. The van der Waals surface area contributed by atoms with E-state index in [-0.39, 0.29) is 204 Å². The third-order valence-electron chi connectivity index (χ3n) is 10.4. The second kappa shape index (κ2) is 25.0. The van der Waals surface area contributed by atoms with Crippen LogP contribution in [-0.4, -0.2) is 59.2 Å². The molecule has 4 aliphatic carbocycles. The molecule has 4 saturated carbocycles. The van der Waals surface area contributed by atoms with E-state index < -0.39 is 34.1 Å². The minimum Gasteiger partial charge on any atom is -1.00 e. The topological polar surface area (TPSA) is 241 Å². The van der Waals surface area contributed by atoms with Gasteiger partial charge in [-0.2, -0.15) is 20.7 Å². The number of nitrogens with zero attached hydrogens (tertiary/aromatic N) is 10. The summed E-state index contributed by atoms with van der Waals surface area (Å²) in [5.41, 5.74) is 6.32. The Morgan fingerprint density at radius 2 is 1.25 bits per heavy atom. The number of nitriles is 2. The number of carbonyl (C=O) groups excluding carboxylic acids is 1. The first-order valence-electron chi connectivity index (χ1n) is 20.1. The predicted octanol–water partition coefficient (Wildman–Crippen LogP) is 1.49. The van der Waals surface area contributed by atoms with Crippen molar-refractivity contribution in [2.45, 2.75) is 63.5 Å². The summed E-state index contributed by atoms with van der Waals surface area (Å²) in [6, 6.07) is 13.6. The molecule has 0 amide bonds. The molecule has 3 N–H and O–H groups in total. The minimum atomic E-state index is -0.695. The first-order chi connectivity index (χ1) is 31.4. The summed E-state index contributed by atoms with van der Waals surface area (Å²) in [6.07, 6.45) is 16.8. The van der Waals surface area contributed by atoms with E-state index in [1.54, 1.807) is 12.4 Å². The van der Waals surface area contributed by atoms with Crippen LogP contribution in [0.4, 0.5) is 34.9 Å². The molecule has 4 aliphatic rings. The molecule has 17 nitrogen and oxygen atoms in total. The molecule has 0 unspecified atom stereocenters. The van der Waals surface area contributed by atoms with Gasteiger partial charge in [0.2, 0.25) is 11.2 Å². The average molecular weight is 1180 g/mol. The van der Waals surface area contributed by atoms with Crippen LogP contribution in [0.15, 0.2) is 73.6 Å². The van der Waals surface area contributed by atoms with Crippen LogP contribution in [0.5, 0.6) is 11.5 Å².